The molecule has 3 aromatic rings. The summed E-state index contributed by atoms with van der Waals surface area (Å²) < 4.78 is 23.8. The maximum atomic E-state index is 13.6. The van der Waals surface area contributed by atoms with Gasteiger partial charge in [0.15, 0.2) is 5.16 Å². The lowest BCUT2D eigenvalue weighted by molar-refractivity contribution is -0.141. The van der Waals surface area contributed by atoms with Gasteiger partial charge in [0.1, 0.15) is 29.2 Å². The predicted molar refractivity (Wildman–Crippen MR) is 128 cm³/mol. The van der Waals surface area contributed by atoms with E-state index in [1.807, 2.05) is 38.1 Å². The minimum absolute atomic E-state index is 0.265. The zero-order valence-electron chi connectivity index (χ0n) is 19.0. The van der Waals surface area contributed by atoms with Gasteiger partial charge in [-0.1, -0.05) is 19.9 Å². The molecule has 1 unspecified atom stereocenters. The highest BCUT2D eigenvalue weighted by atomic mass is 32.2. The minimum atomic E-state index is -0.564. The van der Waals surface area contributed by atoms with Crippen LogP contribution < -0.4 is 15.4 Å². The molecule has 174 valence electrons. The van der Waals surface area contributed by atoms with E-state index < -0.39 is 6.04 Å². The molecule has 3 rings (SSSR count). The highest BCUT2D eigenvalue weighted by Crippen LogP contribution is 2.30. The standard InChI is InChI=1S/C24H27FN4O3S/c1-15(2)12-20(23(30)32-4)27-22-14-21(26-17-7-5-6-16(25)13-17)28-24(29-22)33-19-10-8-18(31-3)9-11-19/h5-11,13-15,20H,12H2,1-4H3,(H2,26,27,28,29). The Labute approximate surface area is 197 Å². The third-order valence-corrected chi connectivity index (χ3v) is 5.46. The van der Waals surface area contributed by atoms with Gasteiger partial charge in [0.2, 0.25) is 0 Å². The van der Waals surface area contributed by atoms with Gasteiger partial charge in [0.25, 0.3) is 0 Å². The summed E-state index contributed by atoms with van der Waals surface area (Å²) in [6.07, 6.45) is 0.574. The molecule has 2 N–H and O–H groups in total. The molecule has 0 aliphatic rings. The number of carbonyl (C=O) groups excluding carboxylic acids is 1. The van der Waals surface area contributed by atoms with Gasteiger partial charge >= 0.3 is 5.97 Å². The van der Waals surface area contributed by atoms with Crippen LogP contribution >= 0.6 is 11.8 Å². The normalized spacial score (nSPS) is 11.7. The molecule has 33 heavy (non-hydrogen) atoms. The molecule has 7 nitrogen and oxygen atoms in total. The summed E-state index contributed by atoms with van der Waals surface area (Å²) in [4.78, 5) is 22.4. The number of nitrogens with zero attached hydrogens (tertiary/aromatic N) is 2. The number of nitrogens with one attached hydrogen (secondary N) is 2. The molecule has 1 aromatic heterocycles. The number of benzene rings is 2. The first-order chi connectivity index (χ1) is 15.9. The number of halogens is 1. The van der Waals surface area contributed by atoms with Crippen molar-refractivity contribution in [3.05, 3.63) is 60.4 Å². The summed E-state index contributed by atoms with van der Waals surface area (Å²) in [5.41, 5.74) is 0.548. The van der Waals surface area contributed by atoms with Gasteiger partial charge < -0.3 is 20.1 Å². The highest BCUT2D eigenvalue weighted by Gasteiger charge is 2.21. The first-order valence-electron chi connectivity index (χ1n) is 10.4. The molecule has 0 radical (unpaired) electrons. The Bertz CT molecular complexity index is 1080. The summed E-state index contributed by atoms with van der Waals surface area (Å²) >= 11 is 1.36. The van der Waals surface area contributed by atoms with Gasteiger partial charge in [-0.2, -0.15) is 0 Å². The minimum Gasteiger partial charge on any atom is -0.497 e. The highest BCUT2D eigenvalue weighted by molar-refractivity contribution is 7.99. The molecule has 1 heterocycles. The topological polar surface area (TPSA) is 85.4 Å². The largest absolute Gasteiger partial charge is 0.497 e. The fourth-order valence-corrected chi connectivity index (χ4v) is 3.85. The zero-order chi connectivity index (χ0) is 23.8. The van der Waals surface area contributed by atoms with Crippen molar-refractivity contribution < 1.29 is 18.7 Å². The second-order valence-corrected chi connectivity index (χ2v) is 8.72. The van der Waals surface area contributed by atoms with Crippen molar-refractivity contribution in [3.63, 3.8) is 0 Å². The van der Waals surface area contributed by atoms with Gasteiger partial charge in [0.05, 0.1) is 14.2 Å². The van der Waals surface area contributed by atoms with Crippen LogP contribution in [0.25, 0.3) is 0 Å². The number of ether oxygens (including phenoxy) is 2. The molecule has 0 fully saturated rings. The molecule has 0 saturated carbocycles. The van der Waals surface area contributed by atoms with Gasteiger partial charge in [-0.25, -0.2) is 19.2 Å². The van der Waals surface area contributed by atoms with Crippen LogP contribution in [0.15, 0.2) is 64.6 Å². The van der Waals surface area contributed by atoms with E-state index in [1.54, 1.807) is 25.3 Å². The molecule has 1 atom stereocenters. The van der Waals surface area contributed by atoms with Crippen LogP contribution in [0.5, 0.6) is 5.75 Å². The van der Waals surface area contributed by atoms with Crippen LogP contribution in [-0.2, 0) is 9.53 Å². The van der Waals surface area contributed by atoms with E-state index in [-0.39, 0.29) is 17.7 Å². The summed E-state index contributed by atoms with van der Waals surface area (Å²) in [6, 6.07) is 14.7. The zero-order valence-corrected chi connectivity index (χ0v) is 19.8. The van der Waals surface area contributed by atoms with Crippen molar-refractivity contribution in [2.24, 2.45) is 5.92 Å². The van der Waals surface area contributed by atoms with Crippen molar-refractivity contribution >= 4 is 35.1 Å². The third-order valence-electron chi connectivity index (χ3n) is 4.59. The molecule has 0 amide bonds. The SMILES string of the molecule is COC(=O)C(CC(C)C)Nc1cc(Nc2cccc(F)c2)nc(Sc2ccc(OC)cc2)n1. The van der Waals surface area contributed by atoms with Crippen LogP contribution in [0.3, 0.4) is 0 Å². The summed E-state index contributed by atoms with van der Waals surface area (Å²) in [5.74, 6) is 1.20. The Morgan fingerprint density at radius 2 is 1.79 bits per heavy atom. The second-order valence-electron chi connectivity index (χ2n) is 7.68. The molecule has 0 bridgehead atoms. The predicted octanol–water partition coefficient (Wildman–Crippen LogP) is 5.52. The molecule has 0 aliphatic heterocycles. The Morgan fingerprint density at radius 1 is 1.06 bits per heavy atom. The van der Waals surface area contributed by atoms with E-state index in [2.05, 4.69) is 20.6 Å². The van der Waals surface area contributed by atoms with E-state index in [0.717, 1.165) is 10.6 Å². The van der Waals surface area contributed by atoms with E-state index in [1.165, 1.54) is 31.0 Å². The number of methoxy groups -OCH3 is 2. The van der Waals surface area contributed by atoms with Gasteiger partial charge in [-0.05, 0) is 66.6 Å². The van der Waals surface area contributed by atoms with Crippen LogP contribution in [0.2, 0.25) is 0 Å². The van der Waals surface area contributed by atoms with Crippen molar-refractivity contribution in [3.8, 4) is 5.75 Å². The lowest BCUT2D eigenvalue weighted by Crippen LogP contribution is -2.32. The third kappa shape index (κ3) is 7.35. The molecule has 0 saturated heterocycles. The van der Waals surface area contributed by atoms with Gasteiger partial charge in [0, 0.05) is 16.6 Å². The average Bonchev–Trinajstić information content (AvgIpc) is 2.78. The molecule has 0 spiro atoms. The number of esters is 1. The van der Waals surface area contributed by atoms with Crippen molar-refractivity contribution in [1.82, 2.24) is 9.97 Å². The lowest BCUT2D eigenvalue weighted by Gasteiger charge is -2.19. The quantitative estimate of drug-likeness (QED) is 0.296. The number of anilines is 3. The molecule has 9 heteroatoms. The molecular weight excluding hydrogens is 443 g/mol. The number of hydrogen-bond donors (Lipinski definition) is 2. The van der Waals surface area contributed by atoms with Crippen molar-refractivity contribution in [2.75, 3.05) is 24.9 Å². The summed E-state index contributed by atoms with van der Waals surface area (Å²) in [6.45, 7) is 4.05. The first-order valence-corrected chi connectivity index (χ1v) is 11.3. The van der Waals surface area contributed by atoms with E-state index in [9.17, 15) is 9.18 Å². The Balaban J connectivity index is 1.92. The molecule has 2 aromatic carbocycles. The second kappa shape index (κ2) is 11.5. The Hall–Kier alpha value is -3.33. The summed E-state index contributed by atoms with van der Waals surface area (Å²) in [5, 5.41) is 6.73. The maximum absolute atomic E-state index is 13.6. The van der Waals surface area contributed by atoms with Crippen LogP contribution in [0.4, 0.5) is 21.7 Å². The monoisotopic (exact) mass is 470 g/mol. The number of carbonyl (C=O) groups is 1. The fraction of sp³-hybridized carbons (Fsp3) is 0.292. The van der Waals surface area contributed by atoms with E-state index in [4.69, 9.17) is 9.47 Å². The van der Waals surface area contributed by atoms with E-state index >= 15 is 0 Å². The molecular formula is C24H27FN4O3S. The number of aromatic nitrogens is 2. The van der Waals surface area contributed by atoms with Crippen LogP contribution in [-0.4, -0.2) is 36.2 Å². The van der Waals surface area contributed by atoms with Gasteiger partial charge in [-0.3, -0.25) is 0 Å². The van der Waals surface area contributed by atoms with Crippen LogP contribution in [0.1, 0.15) is 20.3 Å². The fourth-order valence-electron chi connectivity index (χ4n) is 3.08. The maximum Gasteiger partial charge on any atom is 0.328 e. The molecule has 0 aliphatic carbocycles. The van der Waals surface area contributed by atoms with Gasteiger partial charge in [-0.15, -0.1) is 0 Å². The van der Waals surface area contributed by atoms with Crippen LogP contribution in [0, 0.1) is 11.7 Å². The number of hydrogen-bond acceptors (Lipinski definition) is 8. The van der Waals surface area contributed by atoms with E-state index in [0.29, 0.717) is 28.9 Å². The smallest absolute Gasteiger partial charge is 0.328 e. The number of rotatable bonds is 10. The first kappa shape index (κ1) is 24.3. The Kier molecular flexibility index (Phi) is 8.48. The summed E-state index contributed by atoms with van der Waals surface area (Å²) in [7, 11) is 2.97. The average molecular weight is 471 g/mol. The Morgan fingerprint density at radius 3 is 2.42 bits per heavy atom. The van der Waals surface area contributed by atoms with Crippen molar-refractivity contribution in [2.45, 2.75) is 36.4 Å². The lowest BCUT2D eigenvalue weighted by atomic mass is 10.0. The van der Waals surface area contributed by atoms with Crippen molar-refractivity contribution in [1.29, 1.82) is 0 Å².